The van der Waals surface area contributed by atoms with Crippen molar-refractivity contribution in [1.29, 1.82) is 0 Å². The van der Waals surface area contributed by atoms with Crippen molar-refractivity contribution >= 4 is 11.9 Å². The standard InChI is InChI=1S/C16H14F4N2O2/c1-2-23-15-7-10(3-6-14(15)24-16(19)20)9-21-22-13-5-4-11(17)8-12(13)18/h3-9,16,22H,2H2,1H3/b21-9-. The summed E-state index contributed by atoms with van der Waals surface area (Å²) in [6.07, 6.45) is 1.33. The van der Waals surface area contributed by atoms with Crippen LogP contribution in [0.4, 0.5) is 23.2 Å². The van der Waals surface area contributed by atoms with Gasteiger partial charge < -0.3 is 9.47 Å². The maximum atomic E-state index is 13.4. The van der Waals surface area contributed by atoms with E-state index < -0.39 is 18.2 Å². The molecule has 0 saturated heterocycles. The Morgan fingerprint density at radius 1 is 1.12 bits per heavy atom. The van der Waals surface area contributed by atoms with E-state index in [2.05, 4.69) is 15.3 Å². The van der Waals surface area contributed by atoms with E-state index in [1.54, 1.807) is 6.92 Å². The molecule has 24 heavy (non-hydrogen) atoms. The Bertz CT molecular complexity index is 723. The summed E-state index contributed by atoms with van der Waals surface area (Å²) in [7, 11) is 0. The molecule has 128 valence electrons. The van der Waals surface area contributed by atoms with E-state index in [-0.39, 0.29) is 23.8 Å². The minimum atomic E-state index is -2.97. The molecule has 8 heteroatoms. The molecular formula is C16H14F4N2O2. The van der Waals surface area contributed by atoms with Gasteiger partial charge in [0.1, 0.15) is 5.82 Å². The molecule has 0 bridgehead atoms. The predicted molar refractivity (Wildman–Crippen MR) is 81.8 cm³/mol. The second kappa shape index (κ2) is 8.19. The van der Waals surface area contributed by atoms with Gasteiger partial charge in [0.25, 0.3) is 0 Å². The van der Waals surface area contributed by atoms with Crippen molar-refractivity contribution in [3.63, 3.8) is 0 Å². The Morgan fingerprint density at radius 2 is 1.92 bits per heavy atom. The van der Waals surface area contributed by atoms with Crippen LogP contribution in [-0.2, 0) is 0 Å². The Hall–Kier alpha value is -2.77. The van der Waals surface area contributed by atoms with Crippen molar-refractivity contribution in [2.24, 2.45) is 5.10 Å². The van der Waals surface area contributed by atoms with Crippen molar-refractivity contribution in [2.75, 3.05) is 12.0 Å². The number of ether oxygens (including phenoxy) is 2. The van der Waals surface area contributed by atoms with Crippen LogP contribution >= 0.6 is 0 Å². The third-order valence-electron chi connectivity index (χ3n) is 2.81. The van der Waals surface area contributed by atoms with Gasteiger partial charge in [-0.25, -0.2) is 8.78 Å². The molecule has 0 atom stereocenters. The van der Waals surface area contributed by atoms with Gasteiger partial charge in [-0.2, -0.15) is 13.9 Å². The molecule has 0 aliphatic rings. The lowest BCUT2D eigenvalue weighted by atomic mass is 10.2. The van der Waals surface area contributed by atoms with Crippen LogP contribution in [0.25, 0.3) is 0 Å². The fraction of sp³-hybridized carbons (Fsp3) is 0.188. The summed E-state index contributed by atoms with van der Waals surface area (Å²) in [6, 6.07) is 7.26. The van der Waals surface area contributed by atoms with Crippen molar-refractivity contribution in [1.82, 2.24) is 0 Å². The summed E-state index contributed by atoms with van der Waals surface area (Å²) >= 11 is 0. The zero-order valence-electron chi connectivity index (χ0n) is 12.6. The quantitative estimate of drug-likeness (QED) is 0.460. The van der Waals surface area contributed by atoms with E-state index >= 15 is 0 Å². The van der Waals surface area contributed by atoms with E-state index in [9.17, 15) is 17.6 Å². The lowest BCUT2D eigenvalue weighted by molar-refractivity contribution is -0.0514. The van der Waals surface area contributed by atoms with Crippen LogP contribution in [0.15, 0.2) is 41.5 Å². The van der Waals surface area contributed by atoms with Crippen LogP contribution in [0.3, 0.4) is 0 Å². The highest BCUT2D eigenvalue weighted by atomic mass is 19.3. The molecule has 0 unspecified atom stereocenters. The molecule has 0 aliphatic heterocycles. The van der Waals surface area contributed by atoms with Crippen molar-refractivity contribution < 1.29 is 27.0 Å². The smallest absolute Gasteiger partial charge is 0.387 e. The molecule has 2 aromatic rings. The minimum absolute atomic E-state index is 0.00432. The highest BCUT2D eigenvalue weighted by molar-refractivity contribution is 5.81. The summed E-state index contributed by atoms with van der Waals surface area (Å²) in [6.45, 7) is -1.00. The van der Waals surface area contributed by atoms with E-state index in [0.717, 1.165) is 12.1 Å². The molecule has 4 nitrogen and oxygen atoms in total. The van der Waals surface area contributed by atoms with Gasteiger partial charge in [-0.15, -0.1) is 0 Å². The zero-order valence-corrected chi connectivity index (χ0v) is 12.6. The maximum absolute atomic E-state index is 13.4. The third kappa shape index (κ3) is 4.87. The zero-order chi connectivity index (χ0) is 17.5. The van der Waals surface area contributed by atoms with E-state index in [1.165, 1.54) is 30.5 Å². The second-order valence-corrected chi connectivity index (χ2v) is 4.51. The first-order chi connectivity index (χ1) is 11.5. The molecular weight excluding hydrogens is 328 g/mol. The van der Waals surface area contributed by atoms with Gasteiger partial charge in [0, 0.05) is 6.07 Å². The molecule has 0 aliphatic carbocycles. The number of hydrogen-bond acceptors (Lipinski definition) is 4. The number of hydrazone groups is 1. The number of alkyl halides is 2. The van der Waals surface area contributed by atoms with Crippen LogP contribution in [0, 0.1) is 11.6 Å². The fourth-order valence-corrected chi connectivity index (χ4v) is 1.82. The Labute approximate surface area is 135 Å². The highest BCUT2D eigenvalue weighted by Crippen LogP contribution is 2.29. The molecule has 0 fully saturated rings. The maximum Gasteiger partial charge on any atom is 0.387 e. The average Bonchev–Trinajstić information content (AvgIpc) is 2.52. The summed E-state index contributed by atoms with van der Waals surface area (Å²) in [5, 5.41) is 3.81. The molecule has 0 amide bonds. The van der Waals surface area contributed by atoms with Crippen molar-refractivity contribution in [3.05, 3.63) is 53.6 Å². The summed E-state index contributed by atoms with van der Waals surface area (Å²) < 4.78 is 60.5. The molecule has 2 aromatic carbocycles. The van der Waals surface area contributed by atoms with Crippen LogP contribution in [-0.4, -0.2) is 19.4 Å². The number of nitrogens with one attached hydrogen (secondary N) is 1. The molecule has 2 rings (SSSR count). The first-order valence-corrected chi connectivity index (χ1v) is 6.95. The molecule has 0 saturated carbocycles. The van der Waals surface area contributed by atoms with Gasteiger partial charge >= 0.3 is 6.61 Å². The lowest BCUT2D eigenvalue weighted by Crippen LogP contribution is -2.05. The SMILES string of the molecule is CCOc1cc(/C=N\Nc2ccc(F)cc2F)ccc1OC(F)F. The normalized spacial score (nSPS) is 11.1. The van der Waals surface area contributed by atoms with E-state index in [0.29, 0.717) is 5.56 Å². The summed E-state index contributed by atoms with van der Waals surface area (Å²) in [4.78, 5) is 0. The number of halogens is 4. The van der Waals surface area contributed by atoms with Gasteiger partial charge in [-0.05, 0) is 42.8 Å². The van der Waals surface area contributed by atoms with Crippen LogP contribution in [0.1, 0.15) is 12.5 Å². The number of hydrogen-bond donors (Lipinski definition) is 1. The Morgan fingerprint density at radius 3 is 2.58 bits per heavy atom. The van der Waals surface area contributed by atoms with Crippen molar-refractivity contribution in [2.45, 2.75) is 13.5 Å². The largest absolute Gasteiger partial charge is 0.490 e. The van der Waals surface area contributed by atoms with Gasteiger partial charge in [0.2, 0.25) is 0 Å². The monoisotopic (exact) mass is 342 g/mol. The lowest BCUT2D eigenvalue weighted by Gasteiger charge is -2.11. The number of nitrogens with zero attached hydrogens (tertiary/aromatic N) is 1. The molecule has 0 heterocycles. The first-order valence-electron chi connectivity index (χ1n) is 6.95. The average molecular weight is 342 g/mol. The van der Waals surface area contributed by atoms with E-state index in [4.69, 9.17) is 4.74 Å². The Kier molecular flexibility index (Phi) is 6.00. The Balaban J connectivity index is 2.12. The molecule has 0 aromatic heterocycles. The summed E-state index contributed by atoms with van der Waals surface area (Å²) in [5.41, 5.74) is 2.93. The van der Waals surface area contributed by atoms with Crippen LogP contribution in [0.5, 0.6) is 11.5 Å². The predicted octanol–water partition coefficient (Wildman–Crippen LogP) is 4.41. The van der Waals surface area contributed by atoms with Gasteiger partial charge in [-0.1, -0.05) is 0 Å². The van der Waals surface area contributed by atoms with Crippen LogP contribution < -0.4 is 14.9 Å². The first kappa shape index (κ1) is 17.6. The van der Waals surface area contributed by atoms with Crippen molar-refractivity contribution in [3.8, 4) is 11.5 Å². The number of anilines is 1. The van der Waals surface area contributed by atoms with E-state index in [1.807, 2.05) is 0 Å². The number of benzene rings is 2. The highest BCUT2D eigenvalue weighted by Gasteiger charge is 2.11. The van der Waals surface area contributed by atoms with Gasteiger partial charge in [0.15, 0.2) is 17.3 Å². The fourth-order valence-electron chi connectivity index (χ4n) is 1.82. The second-order valence-electron chi connectivity index (χ2n) is 4.51. The molecule has 0 radical (unpaired) electrons. The third-order valence-corrected chi connectivity index (χ3v) is 2.81. The molecule has 0 spiro atoms. The summed E-state index contributed by atoms with van der Waals surface area (Å²) in [5.74, 6) is -1.45. The molecule has 1 N–H and O–H groups in total. The minimum Gasteiger partial charge on any atom is -0.490 e. The van der Waals surface area contributed by atoms with Crippen LogP contribution in [0.2, 0.25) is 0 Å². The topological polar surface area (TPSA) is 42.8 Å². The number of rotatable bonds is 7. The van der Waals surface area contributed by atoms with Gasteiger partial charge in [-0.3, -0.25) is 5.43 Å². The van der Waals surface area contributed by atoms with Gasteiger partial charge in [0.05, 0.1) is 18.5 Å².